The zero-order chi connectivity index (χ0) is 17.4. The van der Waals surface area contributed by atoms with Crippen molar-refractivity contribution in [2.24, 2.45) is 0 Å². The van der Waals surface area contributed by atoms with Crippen molar-refractivity contribution in [2.45, 2.75) is 36.6 Å². The number of aromatic nitrogens is 2. The van der Waals surface area contributed by atoms with Crippen LogP contribution in [0.3, 0.4) is 0 Å². The normalized spacial score (nSPS) is 15.7. The van der Waals surface area contributed by atoms with E-state index >= 15 is 0 Å². The predicted octanol–water partition coefficient (Wildman–Crippen LogP) is 3.21. The molecule has 3 N–H and O–H groups in total. The second-order valence-electron chi connectivity index (χ2n) is 6.38. The number of hydrogen-bond donors (Lipinski definition) is 2. The lowest BCUT2D eigenvalue weighted by atomic mass is 10.2. The Morgan fingerprint density at radius 3 is 2.56 bits per heavy atom. The summed E-state index contributed by atoms with van der Waals surface area (Å²) < 4.78 is 27.1. The third-order valence-corrected chi connectivity index (χ3v) is 6.39. The fourth-order valence-corrected chi connectivity index (χ4v) is 4.74. The van der Waals surface area contributed by atoms with E-state index in [0.29, 0.717) is 17.4 Å². The first kappa shape index (κ1) is 16.0. The molecule has 1 saturated carbocycles. The van der Waals surface area contributed by atoms with E-state index in [2.05, 4.69) is 10.3 Å². The van der Waals surface area contributed by atoms with E-state index in [-0.39, 0.29) is 4.90 Å². The lowest BCUT2D eigenvalue weighted by Crippen LogP contribution is -2.16. The van der Waals surface area contributed by atoms with Crippen LogP contribution in [-0.4, -0.2) is 23.4 Å². The number of pyridine rings is 1. The lowest BCUT2D eigenvalue weighted by Gasteiger charge is -2.16. The molecule has 7 heteroatoms. The maximum absolute atomic E-state index is 12.9. The topological polar surface area (TPSA) is 90.0 Å². The smallest absolute Gasteiger partial charge is 0.269 e. The van der Waals surface area contributed by atoms with Crippen LogP contribution in [0.1, 0.15) is 25.7 Å². The van der Waals surface area contributed by atoms with Gasteiger partial charge in [0.25, 0.3) is 10.0 Å². The molecule has 25 heavy (non-hydrogen) atoms. The highest BCUT2D eigenvalue weighted by atomic mass is 32.2. The molecule has 1 aliphatic carbocycles. The molecule has 2 heterocycles. The van der Waals surface area contributed by atoms with Crippen LogP contribution in [0.2, 0.25) is 0 Å². The Morgan fingerprint density at radius 1 is 1.12 bits per heavy atom. The summed E-state index contributed by atoms with van der Waals surface area (Å²) in [6, 6.07) is 10.5. The molecule has 1 aliphatic rings. The Bertz CT molecular complexity index is 1010. The van der Waals surface area contributed by atoms with E-state index in [1.54, 1.807) is 42.6 Å². The van der Waals surface area contributed by atoms with Crippen LogP contribution in [0.5, 0.6) is 0 Å². The number of nitrogens with one attached hydrogen (secondary N) is 1. The van der Waals surface area contributed by atoms with Gasteiger partial charge in [0.05, 0.1) is 22.5 Å². The van der Waals surface area contributed by atoms with Crippen LogP contribution in [0.4, 0.5) is 11.4 Å². The number of nitrogens with zero attached hydrogens (tertiary/aromatic N) is 2. The van der Waals surface area contributed by atoms with Crippen molar-refractivity contribution in [1.82, 2.24) is 8.96 Å². The van der Waals surface area contributed by atoms with Crippen molar-refractivity contribution >= 4 is 32.4 Å². The largest absolute Gasteiger partial charge is 0.396 e. The van der Waals surface area contributed by atoms with Crippen LogP contribution in [0.25, 0.3) is 11.0 Å². The molecule has 3 aromatic rings. The third kappa shape index (κ3) is 2.74. The maximum atomic E-state index is 12.9. The molecule has 0 radical (unpaired) electrons. The van der Waals surface area contributed by atoms with Crippen LogP contribution in [-0.2, 0) is 10.0 Å². The van der Waals surface area contributed by atoms with Crippen molar-refractivity contribution in [3.8, 4) is 0 Å². The second-order valence-corrected chi connectivity index (χ2v) is 8.20. The lowest BCUT2D eigenvalue weighted by molar-refractivity contribution is 0.589. The van der Waals surface area contributed by atoms with Gasteiger partial charge in [0.15, 0.2) is 5.65 Å². The van der Waals surface area contributed by atoms with E-state index in [0.717, 1.165) is 23.9 Å². The highest BCUT2D eigenvalue weighted by Gasteiger charge is 2.23. The van der Waals surface area contributed by atoms with Crippen molar-refractivity contribution in [2.75, 3.05) is 11.1 Å². The summed E-state index contributed by atoms with van der Waals surface area (Å²) in [5.74, 6) is 0. The van der Waals surface area contributed by atoms with Gasteiger partial charge in [-0.15, -0.1) is 0 Å². The minimum absolute atomic E-state index is 0.233. The minimum Gasteiger partial charge on any atom is -0.396 e. The van der Waals surface area contributed by atoms with Gasteiger partial charge in [0.1, 0.15) is 0 Å². The summed E-state index contributed by atoms with van der Waals surface area (Å²) in [6.07, 6.45) is 7.68. The van der Waals surface area contributed by atoms with Crippen LogP contribution in [0, 0.1) is 0 Å². The summed E-state index contributed by atoms with van der Waals surface area (Å²) in [6.45, 7) is 0. The molecular weight excluding hydrogens is 336 g/mol. The van der Waals surface area contributed by atoms with E-state index in [9.17, 15) is 8.42 Å². The van der Waals surface area contributed by atoms with E-state index < -0.39 is 10.0 Å². The van der Waals surface area contributed by atoms with Gasteiger partial charge in [-0.3, -0.25) is 0 Å². The Labute approximate surface area is 146 Å². The molecule has 1 aromatic carbocycles. The number of fused-ring (bicyclic) bond motifs is 1. The molecule has 0 atom stereocenters. The summed E-state index contributed by atoms with van der Waals surface area (Å²) in [5, 5.41) is 4.21. The van der Waals surface area contributed by atoms with Gasteiger partial charge in [0, 0.05) is 17.6 Å². The van der Waals surface area contributed by atoms with E-state index in [4.69, 9.17) is 5.73 Å². The molecule has 0 spiro atoms. The molecule has 0 bridgehead atoms. The Morgan fingerprint density at radius 2 is 1.84 bits per heavy atom. The van der Waals surface area contributed by atoms with Gasteiger partial charge in [-0.05, 0) is 31.0 Å². The van der Waals surface area contributed by atoms with Crippen LogP contribution < -0.4 is 11.1 Å². The first-order valence-corrected chi connectivity index (χ1v) is 9.84. The first-order chi connectivity index (χ1) is 12.1. The number of rotatable bonds is 4. The SMILES string of the molecule is Nc1cnc2c(ccn2S(=O)(=O)c2ccccc2)c1NC1CCCC1. The van der Waals surface area contributed by atoms with Crippen molar-refractivity contribution in [3.05, 3.63) is 48.8 Å². The number of benzene rings is 1. The molecule has 2 aromatic heterocycles. The maximum Gasteiger partial charge on any atom is 0.269 e. The highest BCUT2D eigenvalue weighted by Crippen LogP contribution is 2.33. The molecule has 1 fully saturated rings. The average Bonchev–Trinajstić information content (AvgIpc) is 3.28. The molecule has 0 saturated heterocycles. The molecular formula is C18H20N4O2S. The quantitative estimate of drug-likeness (QED) is 0.749. The number of nitrogen functional groups attached to an aromatic ring is 1. The van der Waals surface area contributed by atoms with E-state index in [1.165, 1.54) is 23.0 Å². The molecule has 0 unspecified atom stereocenters. The Hall–Kier alpha value is -2.54. The number of anilines is 2. The van der Waals surface area contributed by atoms with Gasteiger partial charge in [0.2, 0.25) is 0 Å². The van der Waals surface area contributed by atoms with E-state index in [1.807, 2.05) is 0 Å². The van der Waals surface area contributed by atoms with Gasteiger partial charge >= 0.3 is 0 Å². The zero-order valence-electron chi connectivity index (χ0n) is 13.7. The zero-order valence-corrected chi connectivity index (χ0v) is 14.5. The number of nitrogens with two attached hydrogens (primary N) is 1. The Balaban J connectivity index is 1.82. The second kappa shape index (κ2) is 6.07. The molecule has 0 amide bonds. The summed E-state index contributed by atoms with van der Waals surface area (Å²) in [5.41, 5.74) is 7.81. The predicted molar refractivity (Wildman–Crippen MR) is 99.0 cm³/mol. The fourth-order valence-electron chi connectivity index (χ4n) is 3.41. The van der Waals surface area contributed by atoms with Gasteiger partial charge < -0.3 is 11.1 Å². The molecule has 6 nitrogen and oxygen atoms in total. The number of hydrogen-bond acceptors (Lipinski definition) is 5. The molecule has 130 valence electrons. The third-order valence-electron chi connectivity index (χ3n) is 4.71. The molecule has 0 aliphatic heterocycles. The summed E-state index contributed by atoms with van der Waals surface area (Å²) in [7, 11) is -3.69. The van der Waals surface area contributed by atoms with Crippen molar-refractivity contribution < 1.29 is 8.42 Å². The first-order valence-electron chi connectivity index (χ1n) is 8.40. The van der Waals surface area contributed by atoms with Crippen LogP contribution in [0.15, 0.2) is 53.7 Å². The standard InChI is InChI=1S/C18H20N4O2S/c19-16-12-20-18-15(17(16)21-13-6-4-5-7-13)10-11-22(18)25(23,24)14-8-2-1-3-9-14/h1-3,8-13H,4-7,19H2,(H,20,21). The van der Waals surface area contributed by atoms with Crippen molar-refractivity contribution in [3.63, 3.8) is 0 Å². The highest BCUT2D eigenvalue weighted by molar-refractivity contribution is 7.90. The van der Waals surface area contributed by atoms with Gasteiger partial charge in [-0.2, -0.15) is 0 Å². The van der Waals surface area contributed by atoms with Gasteiger partial charge in [-0.1, -0.05) is 31.0 Å². The van der Waals surface area contributed by atoms with Crippen molar-refractivity contribution in [1.29, 1.82) is 0 Å². The molecule has 4 rings (SSSR count). The summed E-state index contributed by atoms with van der Waals surface area (Å²) >= 11 is 0. The Kier molecular flexibility index (Phi) is 3.88. The summed E-state index contributed by atoms with van der Waals surface area (Å²) in [4.78, 5) is 4.52. The monoisotopic (exact) mass is 356 g/mol. The van der Waals surface area contributed by atoms with Crippen LogP contribution >= 0.6 is 0 Å². The minimum atomic E-state index is -3.69. The average molecular weight is 356 g/mol. The fraction of sp³-hybridized carbons (Fsp3) is 0.278. The van der Waals surface area contributed by atoms with Gasteiger partial charge in [-0.25, -0.2) is 17.4 Å².